The molecule has 0 saturated carbocycles. The Kier molecular flexibility index (Phi) is 6.15. The highest BCUT2D eigenvalue weighted by Crippen LogP contribution is 2.11. The first kappa shape index (κ1) is 13.8. The average Bonchev–Trinajstić information content (AvgIpc) is 2.94. The third-order valence-electron chi connectivity index (χ3n) is 2.85. The number of halogens is 1. The summed E-state index contributed by atoms with van der Waals surface area (Å²) in [5.41, 5.74) is 0. The van der Waals surface area contributed by atoms with Gasteiger partial charge < -0.3 is 26.0 Å². The SMILES string of the molecule is C1CCNC1.O[C@H]1[C@@H]([C@H](O)CF)NC[C@H]1O. The van der Waals surface area contributed by atoms with Crippen LogP contribution in [0.15, 0.2) is 0 Å². The molecule has 0 aromatic rings. The molecule has 2 rings (SSSR count). The Morgan fingerprint density at radius 2 is 1.88 bits per heavy atom. The van der Waals surface area contributed by atoms with Gasteiger partial charge in [-0.3, -0.25) is 0 Å². The van der Waals surface area contributed by atoms with E-state index >= 15 is 0 Å². The van der Waals surface area contributed by atoms with Gasteiger partial charge in [-0.1, -0.05) is 0 Å². The van der Waals surface area contributed by atoms with Crippen LogP contribution in [0.4, 0.5) is 4.39 Å². The lowest BCUT2D eigenvalue weighted by Gasteiger charge is -2.19. The largest absolute Gasteiger partial charge is 0.389 e. The van der Waals surface area contributed by atoms with Crippen molar-refractivity contribution in [3.8, 4) is 0 Å². The van der Waals surface area contributed by atoms with Crippen LogP contribution in [0.1, 0.15) is 12.8 Å². The molecule has 6 heteroatoms. The first-order valence-electron chi connectivity index (χ1n) is 5.71. The maximum Gasteiger partial charge on any atom is 0.117 e. The van der Waals surface area contributed by atoms with Gasteiger partial charge in [-0.25, -0.2) is 4.39 Å². The van der Waals surface area contributed by atoms with E-state index in [0.29, 0.717) is 0 Å². The van der Waals surface area contributed by atoms with E-state index in [1.165, 1.54) is 25.9 Å². The van der Waals surface area contributed by atoms with Crippen molar-refractivity contribution in [2.24, 2.45) is 0 Å². The Bertz CT molecular complexity index is 185. The van der Waals surface area contributed by atoms with Crippen LogP contribution >= 0.6 is 0 Å². The topological polar surface area (TPSA) is 84.8 Å². The monoisotopic (exact) mass is 236 g/mol. The Balaban J connectivity index is 0.000000212. The second kappa shape index (κ2) is 7.13. The van der Waals surface area contributed by atoms with E-state index in [1.54, 1.807) is 0 Å². The maximum absolute atomic E-state index is 11.9. The molecule has 0 aliphatic carbocycles. The highest BCUT2D eigenvalue weighted by Gasteiger charge is 2.37. The zero-order chi connectivity index (χ0) is 12.0. The first-order valence-corrected chi connectivity index (χ1v) is 5.71. The number of hydrogen-bond donors (Lipinski definition) is 5. The molecule has 96 valence electrons. The molecule has 2 fully saturated rings. The van der Waals surface area contributed by atoms with Crippen LogP contribution in [0.5, 0.6) is 0 Å². The predicted molar refractivity (Wildman–Crippen MR) is 57.9 cm³/mol. The Hall–Kier alpha value is -0.270. The number of hydrogen-bond acceptors (Lipinski definition) is 5. The van der Waals surface area contributed by atoms with Gasteiger partial charge in [-0.05, 0) is 25.9 Å². The fourth-order valence-electron chi connectivity index (χ4n) is 1.82. The Morgan fingerprint density at radius 3 is 2.19 bits per heavy atom. The summed E-state index contributed by atoms with van der Waals surface area (Å²) < 4.78 is 11.9. The molecule has 0 radical (unpaired) electrons. The molecular weight excluding hydrogens is 215 g/mol. The van der Waals surface area contributed by atoms with E-state index in [-0.39, 0.29) is 6.54 Å². The minimum atomic E-state index is -1.23. The molecule has 0 aromatic heterocycles. The summed E-state index contributed by atoms with van der Waals surface area (Å²) in [4.78, 5) is 0. The van der Waals surface area contributed by atoms with Crippen molar-refractivity contribution < 1.29 is 19.7 Å². The van der Waals surface area contributed by atoms with Crippen molar-refractivity contribution in [1.82, 2.24) is 10.6 Å². The highest BCUT2D eigenvalue weighted by molar-refractivity contribution is 4.94. The lowest BCUT2D eigenvalue weighted by atomic mass is 10.1. The summed E-state index contributed by atoms with van der Waals surface area (Å²) in [6.07, 6.45) is -0.427. The highest BCUT2D eigenvalue weighted by atomic mass is 19.1. The average molecular weight is 236 g/mol. The van der Waals surface area contributed by atoms with Gasteiger partial charge in [0.15, 0.2) is 0 Å². The van der Waals surface area contributed by atoms with Crippen molar-refractivity contribution >= 4 is 0 Å². The number of β-amino-alcohol motifs (C(OH)–C–C–N with tert-alkyl or cyclic N) is 1. The molecule has 4 atom stereocenters. The van der Waals surface area contributed by atoms with E-state index < -0.39 is 31.0 Å². The zero-order valence-corrected chi connectivity index (χ0v) is 9.27. The van der Waals surface area contributed by atoms with Gasteiger partial charge in [0.05, 0.1) is 18.2 Å². The molecular formula is C10H21FN2O3. The van der Waals surface area contributed by atoms with E-state index in [0.717, 1.165) is 0 Å². The van der Waals surface area contributed by atoms with Crippen LogP contribution < -0.4 is 10.6 Å². The first-order chi connectivity index (χ1) is 7.66. The predicted octanol–water partition coefficient (Wildman–Crippen LogP) is -1.62. The van der Waals surface area contributed by atoms with Gasteiger partial charge >= 0.3 is 0 Å². The van der Waals surface area contributed by atoms with E-state index in [9.17, 15) is 4.39 Å². The quantitative estimate of drug-likeness (QED) is 0.398. The van der Waals surface area contributed by atoms with E-state index in [2.05, 4.69) is 10.6 Å². The van der Waals surface area contributed by atoms with Crippen LogP contribution in [0.3, 0.4) is 0 Å². The van der Waals surface area contributed by atoms with Gasteiger partial charge in [0.2, 0.25) is 0 Å². The van der Waals surface area contributed by atoms with Crippen LogP contribution in [0.25, 0.3) is 0 Å². The minimum Gasteiger partial charge on any atom is -0.389 e. The molecule has 2 aliphatic rings. The van der Waals surface area contributed by atoms with Crippen LogP contribution in [0.2, 0.25) is 0 Å². The molecule has 0 amide bonds. The van der Waals surface area contributed by atoms with Gasteiger partial charge in [0.25, 0.3) is 0 Å². The van der Waals surface area contributed by atoms with Gasteiger partial charge in [-0.15, -0.1) is 0 Å². The normalized spacial score (nSPS) is 35.6. The molecule has 0 bridgehead atoms. The third kappa shape index (κ3) is 3.95. The lowest BCUT2D eigenvalue weighted by Crippen LogP contribution is -2.44. The smallest absolute Gasteiger partial charge is 0.117 e. The number of alkyl halides is 1. The zero-order valence-electron chi connectivity index (χ0n) is 9.27. The molecule has 5 nitrogen and oxygen atoms in total. The van der Waals surface area contributed by atoms with Gasteiger partial charge in [0.1, 0.15) is 12.8 Å². The Morgan fingerprint density at radius 1 is 1.25 bits per heavy atom. The fraction of sp³-hybridized carbons (Fsp3) is 1.00. The fourth-order valence-corrected chi connectivity index (χ4v) is 1.82. The van der Waals surface area contributed by atoms with Crippen molar-refractivity contribution in [3.05, 3.63) is 0 Å². The molecule has 0 unspecified atom stereocenters. The molecule has 5 N–H and O–H groups in total. The minimum absolute atomic E-state index is 0.197. The number of rotatable bonds is 2. The lowest BCUT2D eigenvalue weighted by molar-refractivity contribution is 0.000533. The molecule has 2 heterocycles. The third-order valence-corrected chi connectivity index (χ3v) is 2.85. The molecule has 16 heavy (non-hydrogen) atoms. The van der Waals surface area contributed by atoms with Crippen molar-refractivity contribution in [1.29, 1.82) is 0 Å². The summed E-state index contributed by atoms with van der Waals surface area (Å²) in [6.45, 7) is 1.78. The second-order valence-corrected chi connectivity index (χ2v) is 4.17. The molecule has 2 saturated heterocycles. The van der Waals surface area contributed by atoms with E-state index in [1.807, 2.05) is 0 Å². The van der Waals surface area contributed by atoms with Crippen molar-refractivity contribution in [2.75, 3.05) is 26.3 Å². The second-order valence-electron chi connectivity index (χ2n) is 4.17. The van der Waals surface area contributed by atoms with Gasteiger partial charge in [0, 0.05) is 6.54 Å². The molecule has 0 spiro atoms. The molecule has 2 aliphatic heterocycles. The standard InChI is InChI=1S/C6H12FNO3.C4H9N/c7-1-3(9)5-6(11)4(10)2-8-5;1-2-4-5-3-1/h3-6,8-11H,1-2H2;5H,1-4H2/t3-,4-,5-,6-;/m1./s1. The number of aliphatic hydroxyl groups is 3. The van der Waals surface area contributed by atoms with Crippen molar-refractivity contribution in [3.63, 3.8) is 0 Å². The summed E-state index contributed by atoms with van der Waals surface area (Å²) in [7, 11) is 0. The Labute approximate surface area is 94.7 Å². The summed E-state index contributed by atoms with van der Waals surface area (Å²) in [5.74, 6) is 0. The summed E-state index contributed by atoms with van der Waals surface area (Å²) in [6, 6.07) is -0.741. The maximum atomic E-state index is 11.9. The number of nitrogens with one attached hydrogen (secondary N) is 2. The summed E-state index contributed by atoms with van der Waals surface area (Å²) in [5, 5.41) is 32.9. The number of aliphatic hydroxyl groups excluding tert-OH is 3. The van der Waals surface area contributed by atoms with Crippen LogP contribution in [0, 0.1) is 0 Å². The van der Waals surface area contributed by atoms with Crippen LogP contribution in [-0.2, 0) is 0 Å². The summed E-state index contributed by atoms with van der Waals surface area (Å²) >= 11 is 0. The van der Waals surface area contributed by atoms with Gasteiger partial charge in [-0.2, -0.15) is 0 Å². The van der Waals surface area contributed by atoms with E-state index in [4.69, 9.17) is 15.3 Å². The molecule has 0 aromatic carbocycles. The van der Waals surface area contributed by atoms with Crippen molar-refractivity contribution in [2.45, 2.75) is 37.2 Å². The van der Waals surface area contributed by atoms with Crippen LogP contribution in [-0.4, -0.2) is 66.0 Å².